The van der Waals surface area contributed by atoms with Gasteiger partial charge in [0, 0.05) is 6.54 Å². The van der Waals surface area contributed by atoms with Crippen molar-refractivity contribution >= 4 is 29.7 Å². The van der Waals surface area contributed by atoms with Crippen LogP contribution in [0.2, 0.25) is 0 Å². The van der Waals surface area contributed by atoms with E-state index in [1.54, 1.807) is 20.8 Å². The predicted octanol–water partition coefficient (Wildman–Crippen LogP) is 0.946. The van der Waals surface area contributed by atoms with Gasteiger partial charge >= 0.3 is 12.2 Å². The van der Waals surface area contributed by atoms with E-state index in [0.717, 1.165) is 5.01 Å². The van der Waals surface area contributed by atoms with Crippen molar-refractivity contribution in [2.45, 2.75) is 26.4 Å². The number of piperazine rings is 1. The Morgan fingerprint density at radius 1 is 1.33 bits per heavy atom. The molecule has 0 aromatic rings. The minimum Gasteiger partial charge on any atom is -0.447 e. The average Bonchev–Trinajstić information content (AvgIpc) is 2.36. The molecule has 0 aromatic carbocycles. The quantitative estimate of drug-likeness (QED) is 0.782. The molecule has 0 aliphatic carbocycles. The lowest BCUT2D eigenvalue weighted by Gasteiger charge is -2.34. The molecule has 120 valence electrons. The van der Waals surface area contributed by atoms with E-state index in [9.17, 15) is 14.4 Å². The van der Waals surface area contributed by atoms with Crippen molar-refractivity contribution in [3.05, 3.63) is 0 Å². The topological polar surface area (TPSA) is 88.2 Å². The number of rotatable bonds is 3. The van der Waals surface area contributed by atoms with Crippen LogP contribution in [0.4, 0.5) is 9.59 Å². The zero-order valence-electron chi connectivity index (χ0n) is 12.3. The van der Waals surface area contributed by atoms with E-state index >= 15 is 0 Å². The van der Waals surface area contributed by atoms with E-state index in [1.807, 2.05) is 0 Å². The van der Waals surface area contributed by atoms with Gasteiger partial charge in [-0.2, -0.15) is 0 Å². The first-order chi connectivity index (χ1) is 9.73. The van der Waals surface area contributed by atoms with Gasteiger partial charge in [0.2, 0.25) is 0 Å². The average molecular weight is 322 g/mol. The van der Waals surface area contributed by atoms with Crippen LogP contribution in [-0.4, -0.2) is 65.7 Å². The molecule has 1 aliphatic rings. The number of alkyl halides is 1. The summed E-state index contributed by atoms with van der Waals surface area (Å²) in [7, 11) is 0. The Labute approximate surface area is 128 Å². The molecule has 21 heavy (non-hydrogen) atoms. The highest BCUT2D eigenvalue weighted by molar-refractivity contribution is 6.18. The van der Waals surface area contributed by atoms with Crippen LogP contribution < -0.4 is 5.43 Å². The number of hydrogen-bond acceptors (Lipinski definition) is 5. The first kappa shape index (κ1) is 17.4. The fourth-order valence-corrected chi connectivity index (χ4v) is 1.62. The molecule has 0 radical (unpaired) electrons. The number of halogens is 1. The summed E-state index contributed by atoms with van der Waals surface area (Å²) in [5.41, 5.74) is 1.67. The lowest BCUT2D eigenvalue weighted by Crippen LogP contribution is -2.58. The second kappa shape index (κ2) is 7.35. The summed E-state index contributed by atoms with van der Waals surface area (Å²) in [4.78, 5) is 36.3. The number of carbonyl (C=O) groups excluding carboxylic acids is 3. The summed E-state index contributed by atoms with van der Waals surface area (Å²) in [6.07, 6.45) is -1.31. The standard InChI is InChI=1S/C12H20ClN3O5/c1-12(2,3)21-11(19)15-5-6-16(9(17)8-15)14-10(18)20-7-4-13/h4-8H2,1-3H3,(H,14,18). The van der Waals surface area contributed by atoms with Gasteiger partial charge in [-0.25, -0.2) is 20.0 Å². The maximum absolute atomic E-state index is 11.9. The van der Waals surface area contributed by atoms with Crippen molar-refractivity contribution in [2.75, 3.05) is 32.1 Å². The summed E-state index contributed by atoms with van der Waals surface area (Å²) >= 11 is 5.38. The van der Waals surface area contributed by atoms with E-state index in [4.69, 9.17) is 21.1 Å². The van der Waals surface area contributed by atoms with Gasteiger partial charge in [0.25, 0.3) is 5.91 Å². The molecule has 1 N–H and O–H groups in total. The largest absolute Gasteiger partial charge is 0.447 e. The second-order valence-corrected chi connectivity index (χ2v) is 5.76. The molecular weight excluding hydrogens is 302 g/mol. The third kappa shape index (κ3) is 6.07. The molecule has 0 saturated carbocycles. The molecule has 1 aliphatic heterocycles. The molecule has 0 unspecified atom stereocenters. The van der Waals surface area contributed by atoms with E-state index in [2.05, 4.69) is 5.43 Å². The molecule has 0 aromatic heterocycles. The number of nitrogens with one attached hydrogen (secondary N) is 1. The van der Waals surface area contributed by atoms with Gasteiger partial charge < -0.3 is 9.47 Å². The number of nitrogens with zero attached hydrogens (tertiary/aromatic N) is 2. The lowest BCUT2D eigenvalue weighted by molar-refractivity contribution is -0.138. The Morgan fingerprint density at radius 3 is 2.52 bits per heavy atom. The summed E-state index contributed by atoms with van der Waals surface area (Å²) in [6.45, 7) is 5.56. The van der Waals surface area contributed by atoms with Crippen LogP contribution in [0.15, 0.2) is 0 Å². The van der Waals surface area contributed by atoms with Gasteiger partial charge in [-0.1, -0.05) is 0 Å². The van der Waals surface area contributed by atoms with Crippen LogP contribution in [0.5, 0.6) is 0 Å². The molecule has 8 nitrogen and oxygen atoms in total. The van der Waals surface area contributed by atoms with Crippen molar-refractivity contribution in [1.29, 1.82) is 0 Å². The molecule has 1 fully saturated rings. The normalized spacial score (nSPS) is 15.7. The van der Waals surface area contributed by atoms with Gasteiger partial charge in [-0.15, -0.1) is 11.6 Å². The van der Waals surface area contributed by atoms with E-state index in [0.29, 0.717) is 0 Å². The van der Waals surface area contributed by atoms with Crippen molar-refractivity contribution in [1.82, 2.24) is 15.3 Å². The van der Waals surface area contributed by atoms with Crippen LogP contribution in [0.25, 0.3) is 0 Å². The number of hydrogen-bond donors (Lipinski definition) is 1. The summed E-state index contributed by atoms with van der Waals surface area (Å²) in [5, 5.41) is 1.11. The highest BCUT2D eigenvalue weighted by Crippen LogP contribution is 2.11. The molecule has 1 rings (SSSR count). The van der Waals surface area contributed by atoms with Crippen molar-refractivity contribution in [2.24, 2.45) is 0 Å². The van der Waals surface area contributed by atoms with Crippen LogP contribution >= 0.6 is 11.6 Å². The zero-order valence-corrected chi connectivity index (χ0v) is 13.1. The summed E-state index contributed by atoms with van der Waals surface area (Å²) in [6, 6.07) is 0. The Kier molecular flexibility index (Phi) is 6.07. The van der Waals surface area contributed by atoms with Crippen molar-refractivity contribution in [3.63, 3.8) is 0 Å². The molecule has 1 heterocycles. The highest BCUT2D eigenvalue weighted by atomic mass is 35.5. The maximum atomic E-state index is 11.9. The van der Waals surface area contributed by atoms with Crippen molar-refractivity contribution in [3.8, 4) is 0 Å². The number of carbonyl (C=O) groups is 3. The molecule has 0 bridgehead atoms. The van der Waals surface area contributed by atoms with Gasteiger partial charge in [0.15, 0.2) is 0 Å². The highest BCUT2D eigenvalue weighted by Gasteiger charge is 2.31. The fourth-order valence-electron chi connectivity index (χ4n) is 1.55. The van der Waals surface area contributed by atoms with Crippen molar-refractivity contribution < 1.29 is 23.9 Å². The van der Waals surface area contributed by atoms with Crippen LogP contribution in [0, 0.1) is 0 Å². The lowest BCUT2D eigenvalue weighted by atomic mass is 10.2. The molecule has 3 amide bonds. The third-order valence-corrected chi connectivity index (χ3v) is 2.56. The first-order valence-electron chi connectivity index (χ1n) is 6.50. The van der Waals surface area contributed by atoms with Crippen LogP contribution in [0.3, 0.4) is 0 Å². The number of amides is 3. The zero-order chi connectivity index (χ0) is 16.0. The maximum Gasteiger partial charge on any atom is 0.426 e. The Morgan fingerprint density at radius 2 is 2.00 bits per heavy atom. The van der Waals surface area contributed by atoms with Crippen LogP contribution in [0.1, 0.15) is 20.8 Å². The van der Waals surface area contributed by atoms with Gasteiger partial charge in [-0.05, 0) is 20.8 Å². The Bertz CT molecular complexity index is 410. The summed E-state index contributed by atoms with van der Waals surface area (Å²) in [5.74, 6) is -0.247. The fraction of sp³-hybridized carbons (Fsp3) is 0.750. The molecule has 0 spiro atoms. The number of hydrazine groups is 1. The predicted molar refractivity (Wildman–Crippen MR) is 74.7 cm³/mol. The molecule has 0 atom stereocenters. The van der Waals surface area contributed by atoms with E-state index in [-0.39, 0.29) is 32.1 Å². The van der Waals surface area contributed by atoms with Gasteiger partial charge in [0.1, 0.15) is 18.8 Å². The summed E-state index contributed by atoms with van der Waals surface area (Å²) < 4.78 is 9.89. The minimum absolute atomic E-state index is 0.0550. The first-order valence-corrected chi connectivity index (χ1v) is 7.04. The third-order valence-electron chi connectivity index (χ3n) is 2.41. The smallest absolute Gasteiger partial charge is 0.426 e. The minimum atomic E-state index is -0.755. The molecule has 9 heteroatoms. The monoisotopic (exact) mass is 321 g/mol. The second-order valence-electron chi connectivity index (χ2n) is 5.38. The van der Waals surface area contributed by atoms with E-state index in [1.165, 1.54) is 4.90 Å². The molecular formula is C12H20ClN3O5. The number of ether oxygens (including phenoxy) is 2. The Balaban J connectivity index is 2.45. The Hall–Kier alpha value is -1.70. The SMILES string of the molecule is CC(C)(C)OC(=O)N1CCN(NC(=O)OCCCl)C(=O)C1. The van der Waals surface area contributed by atoms with Gasteiger partial charge in [0.05, 0.1) is 12.4 Å². The van der Waals surface area contributed by atoms with E-state index < -0.39 is 23.7 Å². The van der Waals surface area contributed by atoms with Crippen LogP contribution in [-0.2, 0) is 14.3 Å². The molecule has 1 saturated heterocycles. The van der Waals surface area contributed by atoms with Gasteiger partial charge in [-0.3, -0.25) is 9.69 Å².